The Hall–Kier alpha value is -1.95. The molecule has 150 valence electrons. The number of likely N-dealkylation sites (tertiary alicyclic amines) is 1. The first kappa shape index (κ1) is 19.8. The highest BCUT2D eigenvalue weighted by Gasteiger charge is 2.24. The zero-order valence-electron chi connectivity index (χ0n) is 17.2. The Morgan fingerprint density at radius 1 is 1.19 bits per heavy atom. The highest BCUT2D eigenvalue weighted by atomic mass is 16.5. The number of rotatable bonds is 6. The lowest BCUT2D eigenvalue weighted by Crippen LogP contribution is -2.53. The van der Waals surface area contributed by atoms with Crippen molar-refractivity contribution in [3.8, 4) is 5.75 Å². The van der Waals surface area contributed by atoms with E-state index in [1.54, 1.807) is 7.11 Å². The van der Waals surface area contributed by atoms with Gasteiger partial charge in [0.15, 0.2) is 5.96 Å². The van der Waals surface area contributed by atoms with Crippen molar-refractivity contribution < 1.29 is 4.74 Å². The van der Waals surface area contributed by atoms with E-state index in [0.717, 1.165) is 50.4 Å². The van der Waals surface area contributed by atoms with Crippen LogP contribution >= 0.6 is 0 Å². The molecule has 0 aromatic heterocycles. The molecule has 3 rings (SSSR count). The molecule has 1 unspecified atom stereocenters. The molecule has 1 aromatic carbocycles. The summed E-state index contributed by atoms with van der Waals surface area (Å²) < 4.78 is 5.52. The first-order valence-electron chi connectivity index (χ1n) is 10.3. The number of aliphatic imine (C=N–C) groups is 1. The number of hydrogen-bond donors (Lipinski definition) is 1. The molecule has 0 bridgehead atoms. The Balaban J connectivity index is 1.48. The number of anilines is 1. The highest BCUT2D eigenvalue weighted by Crippen LogP contribution is 2.28. The smallest absolute Gasteiger partial charge is 0.193 e. The van der Waals surface area contributed by atoms with Crippen molar-refractivity contribution in [3.63, 3.8) is 0 Å². The molecule has 2 fully saturated rings. The second-order valence-electron chi connectivity index (χ2n) is 7.53. The lowest BCUT2D eigenvalue weighted by atomic mass is 10.1. The third-order valence-electron chi connectivity index (χ3n) is 5.68. The molecule has 1 aromatic rings. The molecule has 6 nitrogen and oxygen atoms in total. The normalized spacial score (nSPS) is 21.6. The van der Waals surface area contributed by atoms with Crippen LogP contribution in [0, 0.1) is 5.92 Å². The minimum atomic E-state index is 0.739. The molecule has 2 aliphatic rings. The largest absolute Gasteiger partial charge is 0.495 e. The molecule has 2 aliphatic heterocycles. The predicted molar refractivity (Wildman–Crippen MR) is 113 cm³/mol. The van der Waals surface area contributed by atoms with Crippen molar-refractivity contribution in [3.05, 3.63) is 24.3 Å². The molecule has 0 amide bonds. The van der Waals surface area contributed by atoms with Crippen LogP contribution in [0.3, 0.4) is 0 Å². The minimum absolute atomic E-state index is 0.739. The van der Waals surface area contributed by atoms with Crippen LogP contribution in [0.1, 0.15) is 19.8 Å². The first-order valence-corrected chi connectivity index (χ1v) is 10.3. The first-order chi connectivity index (χ1) is 13.2. The number of nitrogens with one attached hydrogen (secondary N) is 1. The van der Waals surface area contributed by atoms with Crippen molar-refractivity contribution in [1.82, 2.24) is 15.1 Å². The van der Waals surface area contributed by atoms with E-state index in [0.29, 0.717) is 0 Å². The van der Waals surface area contributed by atoms with Gasteiger partial charge in [0.25, 0.3) is 0 Å². The zero-order chi connectivity index (χ0) is 19.1. The summed E-state index contributed by atoms with van der Waals surface area (Å²) in [7, 11) is 3.64. The number of piperazine rings is 1. The van der Waals surface area contributed by atoms with Crippen LogP contribution in [0.2, 0.25) is 0 Å². The Morgan fingerprint density at radius 2 is 1.96 bits per heavy atom. The molecule has 1 atom stereocenters. The molecule has 0 saturated carbocycles. The maximum absolute atomic E-state index is 5.52. The summed E-state index contributed by atoms with van der Waals surface area (Å²) in [5.74, 6) is 2.73. The van der Waals surface area contributed by atoms with Gasteiger partial charge in [0, 0.05) is 46.3 Å². The van der Waals surface area contributed by atoms with E-state index in [9.17, 15) is 0 Å². The lowest BCUT2D eigenvalue weighted by Gasteiger charge is -2.38. The standard InChI is InChI=1S/C21H35N5O/c1-4-10-24-11-9-18(17-24)16-23-21(22-2)26-14-12-25(13-15-26)19-7-5-6-8-20(19)27-3/h5-8,18H,4,9-17H2,1-3H3,(H,22,23). The monoisotopic (exact) mass is 373 g/mol. The summed E-state index contributed by atoms with van der Waals surface area (Å²) in [5, 5.41) is 3.63. The van der Waals surface area contributed by atoms with Gasteiger partial charge >= 0.3 is 0 Å². The maximum atomic E-state index is 5.52. The van der Waals surface area contributed by atoms with Gasteiger partial charge in [0.2, 0.25) is 0 Å². The van der Waals surface area contributed by atoms with Crippen molar-refractivity contribution in [2.24, 2.45) is 10.9 Å². The summed E-state index contributed by atoms with van der Waals surface area (Å²) in [6.45, 7) is 10.9. The minimum Gasteiger partial charge on any atom is -0.495 e. The van der Waals surface area contributed by atoms with Gasteiger partial charge in [-0.3, -0.25) is 4.99 Å². The molecular formula is C21H35N5O. The van der Waals surface area contributed by atoms with Gasteiger partial charge in [-0.1, -0.05) is 19.1 Å². The van der Waals surface area contributed by atoms with E-state index < -0.39 is 0 Å². The summed E-state index contributed by atoms with van der Waals surface area (Å²) >= 11 is 0. The Labute approximate surface area is 164 Å². The summed E-state index contributed by atoms with van der Waals surface area (Å²) in [6.07, 6.45) is 2.55. The fourth-order valence-electron chi connectivity index (χ4n) is 4.22. The molecule has 2 saturated heterocycles. The molecule has 0 spiro atoms. The van der Waals surface area contributed by atoms with Crippen LogP contribution in [0.25, 0.3) is 0 Å². The molecule has 2 heterocycles. The van der Waals surface area contributed by atoms with Crippen molar-refractivity contribution in [1.29, 1.82) is 0 Å². The summed E-state index contributed by atoms with van der Waals surface area (Å²) in [6, 6.07) is 8.28. The fourth-order valence-corrected chi connectivity index (χ4v) is 4.22. The molecule has 27 heavy (non-hydrogen) atoms. The number of para-hydroxylation sites is 2. The van der Waals surface area contributed by atoms with E-state index in [2.05, 4.69) is 44.1 Å². The maximum Gasteiger partial charge on any atom is 0.193 e. The third-order valence-corrected chi connectivity index (χ3v) is 5.68. The molecule has 6 heteroatoms. The quantitative estimate of drug-likeness (QED) is 0.611. The molecule has 1 N–H and O–H groups in total. The average Bonchev–Trinajstić information content (AvgIpc) is 3.16. The molecule has 0 aliphatic carbocycles. The predicted octanol–water partition coefficient (Wildman–Crippen LogP) is 2.12. The van der Waals surface area contributed by atoms with E-state index in [4.69, 9.17) is 4.74 Å². The summed E-state index contributed by atoms with van der Waals surface area (Å²) in [4.78, 5) is 11.9. The SMILES string of the molecule is CCCN1CCC(CNC(=NC)N2CCN(c3ccccc3OC)CC2)C1. The topological polar surface area (TPSA) is 43.3 Å². The van der Waals surface area contributed by atoms with Crippen LogP contribution in [0.15, 0.2) is 29.3 Å². The second-order valence-corrected chi connectivity index (χ2v) is 7.53. The van der Waals surface area contributed by atoms with Crippen molar-refractivity contribution in [2.45, 2.75) is 19.8 Å². The van der Waals surface area contributed by atoms with Gasteiger partial charge in [-0.05, 0) is 44.0 Å². The van der Waals surface area contributed by atoms with Gasteiger partial charge in [-0.25, -0.2) is 0 Å². The van der Waals surface area contributed by atoms with Gasteiger partial charge < -0.3 is 24.8 Å². The average molecular weight is 374 g/mol. The van der Waals surface area contributed by atoms with Crippen LogP contribution < -0.4 is 15.0 Å². The lowest BCUT2D eigenvalue weighted by molar-refractivity contribution is 0.322. The van der Waals surface area contributed by atoms with Crippen molar-refractivity contribution >= 4 is 11.6 Å². The molecule has 0 radical (unpaired) electrons. The summed E-state index contributed by atoms with van der Waals surface area (Å²) in [5.41, 5.74) is 1.18. The second kappa shape index (κ2) is 9.83. The zero-order valence-corrected chi connectivity index (χ0v) is 17.2. The number of guanidine groups is 1. The van der Waals surface area contributed by atoms with E-state index in [1.165, 1.54) is 38.2 Å². The van der Waals surface area contributed by atoms with E-state index >= 15 is 0 Å². The Morgan fingerprint density at radius 3 is 2.67 bits per heavy atom. The van der Waals surface area contributed by atoms with Crippen LogP contribution in [0.4, 0.5) is 5.69 Å². The van der Waals surface area contributed by atoms with Gasteiger partial charge in [-0.15, -0.1) is 0 Å². The number of nitrogens with zero attached hydrogens (tertiary/aromatic N) is 4. The Kier molecular flexibility index (Phi) is 7.21. The Bertz CT molecular complexity index is 612. The van der Waals surface area contributed by atoms with Crippen molar-refractivity contribution in [2.75, 3.05) is 71.4 Å². The van der Waals surface area contributed by atoms with Gasteiger partial charge in [-0.2, -0.15) is 0 Å². The van der Waals surface area contributed by atoms with Gasteiger partial charge in [0.05, 0.1) is 12.8 Å². The fraction of sp³-hybridized carbons (Fsp3) is 0.667. The molecular weight excluding hydrogens is 338 g/mol. The number of hydrogen-bond acceptors (Lipinski definition) is 4. The number of ether oxygens (including phenoxy) is 1. The number of benzene rings is 1. The number of methoxy groups -OCH3 is 1. The van der Waals surface area contributed by atoms with E-state index in [1.807, 2.05) is 19.2 Å². The van der Waals surface area contributed by atoms with Crippen LogP contribution in [0.5, 0.6) is 5.75 Å². The van der Waals surface area contributed by atoms with Crippen LogP contribution in [-0.2, 0) is 0 Å². The van der Waals surface area contributed by atoms with Gasteiger partial charge in [0.1, 0.15) is 5.75 Å². The van der Waals surface area contributed by atoms with Crippen LogP contribution in [-0.4, -0.2) is 82.3 Å². The third kappa shape index (κ3) is 5.06. The highest BCUT2D eigenvalue weighted by molar-refractivity contribution is 5.80. The van der Waals surface area contributed by atoms with E-state index in [-0.39, 0.29) is 0 Å².